The van der Waals surface area contributed by atoms with Crippen molar-refractivity contribution in [2.24, 2.45) is 0 Å². The monoisotopic (exact) mass is 257 g/mol. The first-order valence-electron chi connectivity index (χ1n) is 5.69. The molecule has 0 unspecified atom stereocenters. The average Bonchev–Trinajstić information content (AvgIpc) is 2.41. The molecule has 1 aromatic carbocycles. The van der Waals surface area contributed by atoms with E-state index < -0.39 is 5.82 Å². The molecule has 0 saturated carbocycles. The first-order valence-corrected chi connectivity index (χ1v) is 5.69. The number of nitrogens with zero attached hydrogens (tertiary/aromatic N) is 1. The molecule has 4 heteroatoms. The third kappa shape index (κ3) is 3.04. The van der Waals surface area contributed by atoms with Crippen molar-refractivity contribution < 1.29 is 14.3 Å². The zero-order chi connectivity index (χ0) is 13.8. The van der Waals surface area contributed by atoms with Crippen LogP contribution in [0.2, 0.25) is 0 Å². The summed E-state index contributed by atoms with van der Waals surface area (Å²) < 4.78 is 12.7. The molecule has 2 aromatic rings. The fourth-order valence-electron chi connectivity index (χ4n) is 1.68. The summed E-state index contributed by atoms with van der Waals surface area (Å²) in [5, 5.41) is 9.77. The number of aromatic hydroxyl groups is 1. The van der Waals surface area contributed by atoms with Crippen molar-refractivity contribution in [1.82, 2.24) is 4.98 Å². The van der Waals surface area contributed by atoms with Gasteiger partial charge in [0, 0.05) is 5.69 Å². The van der Waals surface area contributed by atoms with Crippen LogP contribution < -0.4 is 0 Å². The highest BCUT2D eigenvalue weighted by molar-refractivity contribution is 5.99. The molecule has 0 aliphatic rings. The minimum atomic E-state index is -0.450. The molecule has 0 atom stereocenters. The Balaban J connectivity index is 2.20. The van der Waals surface area contributed by atoms with Crippen LogP contribution in [0.15, 0.2) is 43.1 Å². The van der Waals surface area contributed by atoms with Crippen LogP contribution >= 0.6 is 0 Å². The van der Waals surface area contributed by atoms with Gasteiger partial charge in [-0.25, -0.2) is 4.39 Å². The van der Waals surface area contributed by atoms with Gasteiger partial charge < -0.3 is 5.11 Å². The van der Waals surface area contributed by atoms with E-state index in [1.54, 1.807) is 12.1 Å². The predicted molar refractivity (Wildman–Crippen MR) is 70.4 cm³/mol. The van der Waals surface area contributed by atoms with Gasteiger partial charge in [-0.3, -0.25) is 9.78 Å². The highest BCUT2D eigenvalue weighted by Crippen LogP contribution is 2.21. The van der Waals surface area contributed by atoms with Gasteiger partial charge in [0.05, 0.1) is 18.2 Å². The molecule has 0 saturated heterocycles. The minimum absolute atomic E-state index is 0.0152. The molecule has 0 aliphatic carbocycles. The van der Waals surface area contributed by atoms with E-state index in [1.165, 1.54) is 24.3 Å². The molecule has 96 valence electrons. The zero-order valence-corrected chi connectivity index (χ0v) is 10.1. The van der Waals surface area contributed by atoms with Gasteiger partial charge in [-0.1, -0.05) is 18.7 Å². The second kappa shape index (κ2) is 5.44. The molecule has 3 nitrogen and oxygen atoms in total. The summed E-state index contributed by atoms with van der Waals surface area (Å²) in [4.78, 5) is 15.8. The van der Waals surface area contributed by atoms with E-state index in [0.717, 1.165) is 11.8 Å². The minimum Gasteiger partial charge on any atom is -0.507 e. The number of carbonyl (C=O) groups excluding carboxylic acids is 1. The van der Waals surface area contributed by atoms with Gasteiger partial charge in [0.15, 0.2) is 5.78 Å². The maximum absolute atomic E-state index is 12.7. The molecule has 0 amide bonds. The molecule has 2 rings (SSSR count). The Morgan fingerprint density at radius 2 is 2.16 bits per heavy atom. The zero-order valence-electron chi connectivity index (χ0n) is 10.1. The fraction of sp³-hybridized carbons (Fsp3) is 0.0667. The Bertz CT molecular complexity index is 621. The van der Waals surface area contributed by atoms with Crippen LogP contribution in [-0.4, -0.2) is 15.9 Å². The number of hydrogen-bond acceptors (Lipinski definition) is 3. The van der Waals surface area contributed by atoms with Crippen molar-refractivity contribution in [2.75, 3.05) is 0 Å². The largest absolute Gasteiger partial charge is 0.507 e. The molecule has 0 bridgehead atoms. The van der Waals surface area contributed by atoms with Crippen molar-refractivity contribution in [3.05, 3.63) is 65.7 Å². The quantitative estimate of drug-likeness (QED) is 0.856. The van der Waals surface area contributed by atoms with Crippen LogP contribution in [0.3, 0.4) is 0 Å². The summed E-state index contributed by atoms with van der Waals surface area (Å²) in [7, 11) is 0. The van der Waals surface area contributed by atoms with E-state index in [4.69, 9.17) is 0 Å². The van der Waals surface area contributed by atoms with E-state index in [2.05, 4.69) is 11.6 Å². The molecule has 0 radical (unpaired) electrons. The van der Waals surface area contributed by atoms with Gasteiger partial charge in [-0.2, -0.15) is 0 Å². The van der Waals surface area contributed by atoms with Crippen LogP contribution in [0.5, 0.6) is 5.75 Å². The summed E-state index contributed by atoms with van der Waals surface area (Å²) in [5.74, 6) is -0.814. The number of carbonyl (C=O) groups is 1. The summed E-state index contributed by atoms with van der Waals surface area (Å²) >= 11 is 0. The smallest absolute Gasteiger partial charge is 0.172 e. The number of benzene rings is 1. The Labute approximate surface area is 110 Å². The lowest BCUT2D eigenvalue weighted by Gasteiger charge is -2.04. The number of hydrogen-bond donors (Lipinski definition) is 1. The Morgan fingerprint density at radius 3 is 2.74 bits per heavy atom. The Kier molecular flexibility index (Phi) is 3.71. The van der Waals surface area contributed by atoms with Crippen molar-refractivity contribution in [2.45, 2.75) is 6.42 Å². The van der Waals surface area contributed by atoms with Crippen molar-refractivity contribution in [3.63, 3.8) is 0 Å². The summed E-state index contributed by atoms with van der Waals surface area (Å²) in [6.45, 7) is 3.58. The Morgan fingerprint density at radius 1 is 1.37 bits per heavy atom. The van der Waals surface area contributed by atoms with Gasteiger partial charge in [0.1, 0.15) is 11.6 Å². The fourth-order valence-corrected chi connectivity index (χ4v) is 1.68. The van der Waals surface area contributed by atoms with Gasteiger partial charge in [0.2, 0.25) is 0 Å². The van der Waals surface area contributed by atoms with E-state index in [9.17, 15) is 14.3 Å². The van der Waals surface area contributed by atoms with E-state index in [0.29, 0.717) is 5.69 Å². The van der Waals surface area contributed by atoms with Crippen LogP contribution in [0.4, 0.5) is 4.39 Å². The number of ketones is 1. The summed E-state index contributed by atoms with van der Waals surface area (Å²) in [5.41, 5.74) is 1.41. The lowest BCUT2D eigenvalue weighted by Crippen LogP contribution is -2.05. The average molecular weight is 257 g/mol. The number of phenolic OH excluding ortho intramolecular Hbond substituents is 1. The maximum Gasteiger partial charge on any atom is 0.172 e. The van der Waals surface area contributed by atoms with Crippen molar-refractivity contribution >= 4 is 11.9 Å². The molecule has 0 fully saturated rings. The van der Waals surface area contributed by atoms with Crippen molar-refractivity contribution in [1.29, 1.82) is 0 Å². The molecular formula is C15H12FNO2. The summed E-state index contributed by atoms with van der Waals surface area (Å²) in [6.07, 6.45) is 2.65. The van der Waals surface area contributed by atoms with Crippen LogP contribution in [0, 0.1) is 5.82 Å². The third-order valence-electron chi connectivity index (χ3n) is 2.69. The Hall–Kier alpha value is -2.49. The lowest BCUT2D eigenvalue weighted by molar-refractivity contribution is 0.0989. The number of aromatic nitrogens is 1. The van der Waals surface area contributed by atoms with E-state index in [1.807, 2.05) is 0 Å². The molecule has 19 heavy (non-hydrogen) atoms. The second-order valence-corrected chi connectivity index (χ2v) is 4.05. The SMILES string of the molecule is C=Cc1ccc(C(=O)Cc2ccc(F)cn2)c(O)c1. The highest BCUT2D eigenvalue weighted by Gasteiger charge is 2.12. The normalized spacial score (nSPS) is 10.2. The van der Waals surface area contributed by atoms with Gasteiger partial charge >= 0.3 is 0 Å². The molecule has 1 N–H and O–H groups in total. The van der Waals surface area contributed by atoms with Gasteiger partial charge in [0.25, 0.3) is 0 Å². The lowest BCUT2D eigenvalue weighted by atomic mass is 10.0. The second-order valence-electron chi connectivity index (χ2n) is 4.05. The van der Waals surface area contributed by atoms with E-state index in [-0.39, 0.29) is 23.5 Å². The number of Topliss-reactive ketones (excluding diaryl/α,β-unsaturated/α-hetero) is 1. The summed E-state index contributed by atoms with van der Waals surface area (Å²) in [6, 6.07) is 7.40. The number of halogens is 1. The van der Waals surface area contributed by atoms with Crippen LogP contribution in [0.1, 0.15) is 21.6 Å². The standard InChI is InChI=1S/C15H12FNO2/c1-2-10-3-6-13(14(18)7-10)15(19)8-12-5-4-11(16)9-17-12/h2-7,9,18H,1,8H2. The molecule has 1 heterocycles. The van der Waals surface area contributed by atoms with E-state index >= 15 is 0 Å². The van der Waals surface area contributed by atoms with Crippen LogP contribution in [-0.2, 0) is 6.42 Å². The molecule has 1 aromatic heterocycles. The van der Waals surface area contributed by atoms with Crippen molar-refractivity contribution in [3.8, 4) is 5.75 Å². The molecule has 0 spiro atoms. The first-order chi connectivity index (χ1) is 9.10. The number of phenols is 1. The number of rotatable bonds is 4. The molecule has 0 aliphatic heterocycles. The van der Waals surface area contributed by atoms with Crippen LogP contribution in [0.25, 0.3) is 6.08 Å². The topological polar surface area (TPSA) is 50.2 Å². The first kappa shape index (κ1) is 13.0. The molecular weight excluding hydrogens is 245 g/mol. The maximum atomic E-state index is 12.7. The predicted octanol–water partition coefficient (Wildman–Crippen LogP) is 2.99. The van der Waals surface area contributed by atoms with Gasteiger partial charge in [-0.15, -0.1) is 0 Å². The third-order valence-corrected chi connectivity index (χ3v) is 2.69. The highest BCUT2D eigenvalue weighted by atomic mass is 19.1. The van der Waals surface area contributed by atoms with Gasteiger partial charge in [-0.05, 0) is 29.8 Å². The number of pyridine rings is 1.